The van der Waals surface area contributed by atoms with Crippen molar-refractivity contribution in [2.24, 2.45) is 5.73 Å². The van der Waals surface area contributed by atoms with Gasteiger partial charge in [0.1, 0.15) is 4.90 Å². The summed E-state index contributed by atoms with van der Waals surface area (Å²) in [6.07, 6.45) is 1.50. The molecule has 7 heteroatoms. The number of hydrogen-bond donors (Lipinski definition) is 2. The number of likely N-dealkylation sites (N-methyl/N-ethyl adjacent to an activating group) is 1. The van der Waals surface area contributed by atoms with Gasteiger partial charge in [-0.05, 0) is 26.0 Å². The number of aliphatic hydroxyl groups is 1. The summed E-state index contributed by atoms with van der Waals surface area (Å²) < 4.78 is 25.7. The molecule has 0 amide bonds. The van der Waals surface area contributed by atoms with E-state index in [2.05, 4.69) is 4.98 Å². The van der Waals surface area contributed by atoms with Gasteiger partial charge in [-0.25, -0.2) is 8.42 Å². The minimum absolute atomic E-state index is 0.00572. The van der Waals surface area contributed by atoms with E-state index < -0.39 is 15.6 Å². The summed E-state index contributed by atoms with van der Waals surface area (Å²) in [4.78, 5) is 4.03. The Bertz CT molecular complexity index is 509. The van der Waals surface area contributed by atoms with Gasteiger partial charge in [0.15, 0.2) is 0 Å². The molecule has 102 valence electrons. The van der Waals surface area contributed by atoms with Gasteiger partial charge < -0.3 is 10.8 Å². The number of nitrogens with zero attached hydrogens (tertiary/aromatic N) is 2. The third kappa shape index (κ3) is 3.49. The Hall–Kier alpha value is -1.02. The Morgan fingerprint density at radius 1 is 1.50 bits per heavy atom. The van der Waals surface area contributed by atoms with Crippen molar-refractivity contribution in [2.45, 2.75) is 30.9 Å². The average molecular weight is 273 g/mol. The van der Waals surface area contributed by atoms with Crippen LogP contribution in [0.4, 0.5) is 0 Å². The largest absolute Gasteiger partial charge is 0.389 e. The molecule has 1 aromatic heterocycles. The van der Waals surface area contributed by atoms with Crippen molar-refractivity contribution in [1.82, 2.24) is 9.29 Å². The second-order valence-electron chi connectivity index (χ2n) is 4.73. The lowest BCUT2D eigenvalue weighted by molar-refractivity contribution is 0.0639. The first-order valence-electron chi connectivity index (χ1n) is 5.51. The molecule has 0 radical (unpaired) electrons. The molecule has 1 rings (SSSR count). The average Bonchev–Trinajstić information content (AvgIpc) is 2.26. The summed E-state index contributed by atoms with van der Waals surface area (Å²) >= 11 is 0. The summed E-state index contributed by atoms with van der Waals surface area (Å²) in [7, 11) is -2.27. The molecule has 6 nitrogen and oxygen atoms in total. The molecule has 0 atom stereocenters. The van der Waals surface area contributed by atoms with Crippen molar-refractivity contribution < 1.29 is 13.5 Å². The molecule has 0 bridgehead atoms. The highest BCUT2D eigenvalue weighted by Crippen LogP contribution is 2.18. The van der Waals surface area contributed by atoms with Crippen LogP contribution >= 0.6 is 0 Å². The van der Waals surface area contributed by atoms with Crippen molar-refractivity contribution >= 4 is 10.0 Å². The number of pyridine rings is 1. The zero-order chi connectivity index (χ0) is 14.0. The van der Waals surface area contributed by atoms with Crippen molar-refractivity contribution in [1.29, 1.82) is 0 Å². The summed E-state index contributed by atoms with van der Waals surface area (Å²) in [5.74, 6) is 0. The molecular formula is C11H19N3O3S. The molecule has 0 aliphatic heterocycles. The van der Waals surface area contributed by atoms with Gasteiger partial charge in [-0.15, -0.1) is 0 Å². The zero-order valence-corrected chi connectivity index (χ0v) is 11.6. The Morgan fingerprint density at radius 3 is 2.61 bits per heavy atom. The SMILES string of the molecule is CN(CC(C)(C)O)S(=O)(=O)c1cccnc1CN. The summed E-state index contributed by atoms with van der Waals surface area (Å²) in [5.41, 5.74) is 4.70. The highest BCUT2D eigenvalue weighted by molar-refractivity contribution is 7.89. The van der Waals surface area contributed by atoms with Crippen LogP contribution in [0.2, 0.25) is 0 Å². The van der Waals surface area contributed by atoms with Gasteiger partial charge in [0.25, 0.3) is 0 Å². The Balaban J connectivity index is 3.14. The van der Waals surface area contributed by atoms with Crippen LogP contribution in [0.15, 0.2) is 23.2 Å². The van der Waals surface area contributed by atoms with Crippen LogP contribution in [-0.4, -0.2) is 42.0 Å². The first kappa shape index (κ1) is 15.0. The molecule has 1 aromatic rings. The van der Waals surface area contributed by atoms with E-state index in [4.69, 9.17) is 5.73 Å². The first-order valence-corrected chi connectivity index (χ1v) is 6.95. The van der Waals surface area contributed by atoms with Crippen LogP contribution in [-0.2, 0) is 16.6 Å². The topological polar surface area (TPSA) is 96.5 Å². The molecular weight excluding hydrogens is 254 g/mol. The van der Waals surface area contributed by atoms with E-state index in [1.165, 1.54) is 19.3 Å². The van der Waals surface area contributed by atoms with Gasteiger partial charge in [0, 0.05) is 26.3 Å². The van der Waals surface area contributed by atoms with Gasteiger partial charge in [-0.3, -0.25) is 4.98 Å². The summed E-state index contributed by atoms with van der Waals surface area (Å²) in [6.45, 7) is 3.14. The standard InChI is InChI=1S/C11H19N3O3S/c1-11(2,15)8-14(3)18(16,17)10-5-4-6-13-9(10)7-12/h4-6,15H,7-8,12H2,1-3H3. The van der Waals surface area contributed by atoms with Gasteiger partial charge in [-0.1, -0.05) is 0 Å². The molecule has 0 aliphatic carbocycles. The van der Waals surface area contributed by atoms with Gasteiger partial charge in [0.05, 0.1) is 11.3 Å². The summed E-state index contributed by atoms with van der Waals surface area (Å²) in [5, 5.41) is 9.68. The molecule has 0 aliphatic rings. The van der Waals surface area contributed by atoms with Crippen LogP contribution in [0.1, 0.15) is 19.5 Å². The Morgan fingerprint density at radius 2 is 2.11 bits per heavy atom. The second kappa shape index (κ2) is 5.31. The highest BCUT2D eigenvalue weighted by Gasteiger charge is 2.28. The smallest absolute Gasteiger partial charge is 0.244 e. The summed E-state index contributed by atoms with van der Waals surface area (Å²) in [6, 6.07) is 3.01. The van der Waals surface area contributed by atoms with E-state index in [1.807, 2.05) is 0 Å². The monoisotopic (exact) mass is 273 g/mol. The number of nitrogens with two attached hydrogens (primary N) is 1. The molecule has 0 saturated heterocycles. The van der Waals surface area contributed by atoms with Crippen molar-refractivity contribution in [3.8, 4) is 0 Å². The normalized spacial score (nSPS) is 13.0. The quantitative estimate of drug-likeness (QED) is 0.783. The highest BCUT2D eigenvalue weighted by atomic mass is 32.2. The number of aromatic nitrogens is 1. The van der Waals surface area contributed by atoms with Crippen molar-refractivity contribution in [3.63, 3.8) is 0 Å². The third-order valence-corrected chi connectivity index (χ3v) is 4.22. The fourth-order valence-electron chi connectivity index (χ4n) is 1.61. The molecule has 0 fully saturated rings. The van der Waals surface area contributed by atoms with Crippen LogP contribution < -0.4 is 5.73 Å². The minimum Gasteiger partial charge on any atom is -0.389 e. The zero-order valence-electron chi connectivity index (χ0n) is 10.8. The molecule has 1 heterocycles. The van der Waals surface area contributed by atoms with Crippen LogP contribution in [0.5, 0.6) is 0 Å². The van der Waals surface area contributed by atoms with Gasteiger partial charge in [-0.2, -0.15) is 4.31 Å². The van der Waals surface area contributed by atoms with Crippen LogP contribution in [0.25, 0.3) is 0 Å². The molecule has 0 unspecified atom stereocenters. The third-order valence-electron chi connectivity index (χ3n) is 2.34. The minimum atomic E-state index is -3.68. The molecule has 18 heavy (non-hydrogen) atoms. The van der Waals surface area contributed by atoms with Crippen molar-refractivity contribution in [3.05, 3.63) is 24.0 Å². The van der Waals surface area contributed by atoms with E-state index in [0.29, 0.717) is 5.69 Å². The second-order valence-corrected chi connectivity index (χ2v) is 6.74. The van der Waals surface area contributed by atoms with Crippen molar-refractivity contribution in [2.75, 3.05) is 13.6 Å². The lowest BCUT2D eigenvalue weighted by atomic mass is 10.1. The van der Waals surface area contributed by atoms with E-state index in [9.17, 15) is 13.5 Å². The van der Waals surface area contributed by atoms with E-state index in [1.54, 1.807) is 19.9 Å². The number of rotatable bonds is 5. The Kier molecular flexibility index (Phi) is 4.44. The predicted molar refractivity (Wildman–Crippen MR) is 68.2 cm³/mol. The van der Waals surface area contributed by atoms with E-state index in [0.717, 1.165) is 4.31 Å². The van der Waals surface area contributed by atoms with E-state index in [-0.39, 0.29) is 18.0 Å². The lowest BCUT2D eigenvalue weighted by Crippen LogP contribution is -2.40. The number of sulfonamides is 1. The first-order chi connectivity index (χ1) is 8.18. The molecule has 0 saturated carbocycles. The maximum absolute atomic E-state index is 12.3. The van der Waals surface area contributed by atoms with Gasteiger partial charge in [0.2, 0.25) is 10.0 Å². The molecule has 3 N–H and O–H groups in total. The predicted octanol–water partition coefficient (Wildman–Crippen LogP) is -0.0683. The van der Waals surface area contributed by atoms with Crippen LogP contribution in [0, 0.1) is 0 Å². The van der Waals surface area contributed by atoms with Crippen LogP contribution in [0.3, 0.4) is 0 Å². The van der Waals surface area contributed by atoms with E-state index >= 15 is 0 Å². The molecule has 0 aromatic carbocycles. The van der Waals surface area contributed by atoms with Gasteiger partial charge >= 0.3 is 0 Å². The fourth-order valence-corrected chi connectivity index (χ4v) is 3.12. The lowest BCUT2D eigenvalue weighted by Gasteiger charge is -2.25. The maximum atomic E-state index is 12.3. The fraction of sp³-hybridized carbons (Fsp3) is 0.545. The number of hydrogen-bond acceptors (Lipinski definition) is 5. The maximum Gasteiger partial charge on any atom is 0.244 e. The molecule has 0 spiro atoms. The Labute approximate surface area is 107 Å².